The monoisotopic (exact) mass is 295 g/mol. The summed E-state index contributed by atoms with van der Waals surface area (Å²) >= 11 is 1.84. The minimum atomic E-state index is -0.843. The number of hydrogen-bond donors (Lipinski definition) is 2. The molecule has 1 amide bonds. The van der Waals surface area contributed by atoms with Crippen LogP contribution in [0.15, 0.2) is 24.3 Å². The highest BCUT2D eigenvalue weighted by atomic mass is 32.2. The van der Waals surface area contributed by atoms with E-state index in [9.17, 15) is 9.59 Å². The average molecular weight is 295 g/mol. The van der Waals surface area contributed by atoms with Gasteiger partial charge in [-0.25, -0.2) is 0 Å². The maximum absolute atomic E-state index is 11.9. The fraction of sp³-hybridized carbons (Fsp3) is 0.467. The number of carbonyl (C=O) groups excluding carboxylic acids is 1. The van der Waals surface area contributed by atoms with E-state index in [2.05, 4.69) is 12.2 Å². The molecular weight excluding hydrogens is 274 g/mol. The zero-order chi connectivity index (χ0) is 15.0. The van der Waals surface area contributed by atoms with Crippen molar-refractivity contribution >= 4 is 23.6 Å². The topological polar surface area (TPSA) is 66.4 Å². The molecule has 0 heterocycles. The third-order valence-electron chi connectivity index (χ3n) is 2.82. The number of aliphatic carboxylic acids is 1. The summed E-state index contributed by atoms with van der Waals surface area (Å²) in [5.74, 6) is 0.954. The largest absolute Gasteiger partial charge is 0.481 e. The average Bonchev–Trinajstić information content (AvgIpc) is 2.42. The van der Waals surface area contributed by atoms with E-state index in [-0.39, 0.29) is 18.2 Å². The minimum absolute atomic E-state index is 0.0630. The molecule has 0 saturated carbocycles. The van der Waals surface area contributed by atoms with Crippen molar-refractivity contribution in [1.82, 2.24) is 5.32 Å². The van der Waals surface area contributed by atoms with Crippen molar-refractivity contribution < 1.29 is 14.7 Å². The molecule has 2 N–H and O–H groups in total. The van der Waals surface area contributed by atoms with Gasteiger partial charge >= 0.3 is 5.97 Å². The van der Waals surface area contributed by atoms with E-state index in [1.54, 1.807) is 6.92 Å². The van der Waals surface area contributed by atoms with Gasteiger partial charge in [-0.1, -0.05) is 26.0 Å². The lowest BCUT2D eigenvalue weighted by Gasteiger charge is -2.10. The van der Waals surface area contributed by atoms with Gasteiger partial charge < -0.3 is 10.4 Å². The molecule has 4 nitrogen and oxygen atoms in total. The molecule has 0 spiro atoms. The Morgan fingerprint density at radius 1 is 1.30 bits per heavy atom. The second-order valence-corrected chi connectivity index (χ2v) is 6.02. The second kappa shape index (κ2) is 8.64. The first-order chi connectivity index (χ1) is 9.52. The van der Waals surface area contributed by atoms with E-state index in [0.29, 0.717) is 12.1 Å². The quantitative estimate of drug-likeness (QED) is 0.774. The Morgan fingerprint density at radius 2 is 1.95 bits per heavy atom. The molecule has 0 radical (unpaired) electrons. The van der Waals surface area contributed by atoms with Crippen LogP contribution in [0, 0.1) is 5.92 Å². The molecule has 1 aromatic rings. The first-order valence-electron chi connectivity index (χ1n) is 6.69. The summed E-state index contributed by atoms with van der Waals surface area (Å²) in [4.78, 5) is 22.4. The van der Waals surface area contributed by atoms with Crippen LogP contribution in [0.3, 0.4) is 0 Å². The lowest BCUT2D eigenvalue weighted by Crippen LogP contribution is -2.29. The molecule has 1 atom stereocenters. The molecule has 1 rings (SSSR count). The van der Waals surface area contributed by atoms with E-state index in [4.69, 9.17) is 5.11 Å². The number of rotatable bonds is 8. The standard InChI is InChI=1S/C15H21NO3S/c1-3-20-10-12-4-6-13(7-5-12)15(19)16-9-11(2)8-14(17)18/h4-7,11H,3,8-10H2,1-2H3,(H,16,19)(H,17,18). The summed E-state index contributed by atoms with van der Waals surface area (Å²) in [6.45, 7) is 4.29. The van der Waals surface area contributed by atoms with Crippen molar-refractivity contribution in [3.05, 3.63) is 35.4 Å². The van der Waals surface area contributed by atoms with Crippen molar-refractivity contribution in [3.63, 3.8) is 0 Å². The molecule has 110 valence electrons. The Morgan fingerprint density at radius 3 is 2.50 bits per heavy atom. The van der Waals surface area contributed by atoms with Crippen LogP contribution >= 0.6 is 11.8 Å². The van der Waals surface area contributed by atoms with E-state index in [1.165, 1.54) is 5.56 Å². The highest BCUT2D eigenvalue weighted by Gasteiger charge is 2.10. The maximum Gasteiger partial charge on any atom is 0.303 e. The number of thioether (sulfide) groups is 1. The molecule has 5 heteroatoms. The Kier molecular flexibility index (Phi) is 7.15. The van der Waals surface area contributed by atoms with E-state index in [0.717, 1.165) is 11.5 Å². The summed E-state index contributed by atoms with van der Waals surface area (Å²) in [6, 6.07) is 7.53. The Balaban J connectivity index is 2.45. The van der Waals surface area contributed by atoms with Gasteiger partial charge in [0.05, 0.1) is 0 Å². The van der Waals surface area contributed by atoms with Crippen molar-refractivity contribution in [3.8, 4) is 0 Å². The number of benzene rings is 1. The normalized spacial score (nSPS) is 11.9. The Bertz CT molecular complexity index is 445. The Hall–Kier alpha value is -1.49. The van der Waals surface area contributed by atoms with Gasteiger partial charge in [0, 0.05) is 24.3 Å². The molecule has 0 aliphatic rings. The number of carbonyl (C=O) groups is 2. The summed E-state index contributed by atoms with van der Waals surface area (Å²) in [5, 5.41) is 11.4. The summed E-state index contributed by atoms with van der Waals surface area (Å²) in [6.07, 6.45) is 0.0630. The van der Waals surface area contributed by atoms with Crippen molar-refractivity contribution in [2.75, 3.05) is 12.3 Å². The van der Waals surface area contributed by atoms with E-state index < -0.39 is 5.97 Å². The van der Waals surface area contributed by atoms with Crippen LogP contribution in [-0.4, -0.2) is 29.3 Å². The first-order valence-corrected chi connectivity index (χ1v) is 7.85. The van der Waals surface area contributed by atoms with Gasteiger partial charge in [0.2, 0.25) is 0 Å². The van der Waals surface area contributed by atoms with Crippen LogP contribution in [-0.2, 0) is 10.5 Å². The first kappa shape index (κ1) is 16.6. The van der Waals surface area contributed by atoms with Crippen LogP contribution in [0.1, 0.15) is 36.2 Å². The maximum atomic E-state index is 11.9. The van der Waals surface area contributed by atoms with Crippen LogP contribution < -0.4 is 5.32 Å². The Labute approximate surface area is 124 Å². The lowest BCUT2D eigenvalue weighted by atomic mass is 10.1. The number of carboxylic acids is 1. The minimum Gasteiger partial charge on any atom is -0.481 e. The molecular formula is C15H21NO3S. The van der Waals surface area contributed by atoms with Crippen molar-refractivity contribution in [2.24, 2.45) is 5.92 Å². The fourth-order valence-electron chi connectivity index (χ4n) is 1.71. The van der Waals surface area contributed by atoms with Crippen molar-refractivity contribution in [1.29, 1.82) is 0 Å². The summed E-state index contributed by atoms with van der Waals surface area (Å²) < 4.78 is 0. The molecule has 0 fully saturated rings. The van der Waals surface area contributed by atoms with Crippen LogP contribution in [0.25, 0.3) is 0 Å². The van der Waals surface area contributed by atoms with Gasteiger partial charge in [-0.2, -0.15) is 11.8 Å². The molecule has 0 aliphatic carbocycles. The van der Waals surface area contributed by atoms with Crippen LogP contribution in [0.5, 0.6) is 0 Å². The van der Waals surface area contributed by atoms with Gasteiger partial charge in [-0.3, -0.25) is 9.59 Å². The van der Waals surface area contributed by atoms with E-state index in [1.807, 2.05) is 36.0 Å². The SMILES string of the molecule is CCSCc1ccc(C(=O)NCC(C)CC(=O)O)cc1. The smallest absolute Gasteiger partial charge is 0.303 e. The lowest BCUT2D eigenvalue weighted by molar-refractivity contribution is -0.137. The molecule has 0 aliphatic heterocycles. The third-order valence-corrected chi connectivity index (χ3v) is 3.77. The van der Waals surface area contributed by atoms with Crippen molar-refractivity contribution in [2.45, 2.75) is 26.0 Å². The fourth-order valence-corrected chi connectivity index (χ4v) is 2.34. The summed E-state index contributed by atoms with van der Waals surface area (Å²) in [7, 11) is 0. The van der Waals surface area contributed by atoms with Gasteiger partial charge in [0.1, 0.15) is 0 Å². The molecule has 0 saturated heterocycles. The van der Waals surface area contributed by atoms with Gasteiger partial charge in [-0.15, -0.1) is 0 Å². The third kappa shape index (κ3) is 6.10. The van der Waals surface area contributed by atoms with Gasteiger partial charge in [-0.05, 0) is 29.4 Å². The molecule has 0 bridgehead atoms. The number of carboxylic acid groups (broad SMARTS) is 1. The van der Waals surface area contributed by atoms with E-state index >= 15 is 0 Å². The molecule has 20 heavy (non-hydrogen) atoms. The number of hydrogen-bond acceptors (Lipinski definition) is 3. The second-order valence-electron chi connectivity index (χ2n) is 4.75. The number of amides is 1. The predicted molar refractivity (Wildman–Crippen MR) is 82.0 cm³/mol. The highest BCUT2D eigenvalue weighted by molar-refractivity contribution is 7.98. The predicted octanol–water partition coefficient (Wildman–Crippen LogP) is 2.78. The number of nitrogens with one attached hydrogen (secondary N) is 1. The molecule has 0 aromatic heterocycles. The molecule has 1 aromatic carbocycles. The van der Waals surface area contributed by atoms with Gasteiger partial charge in [0.25, 0.3) is 5.91 Å². The van der Waals surface area contributed by atoms with Crippen LogP contribution in [0.4, 0.5) is 0 Å². The molecule has 1 unspecified atom stereocenters. The summed E-state index contributed by atoms with van der Waals surface area (Å²) in [5.41, 5.74) is 1.81. The highest BCUT2D eigenvalue weighted by Crippen LogP contribution is 2.12. The zero-order valence-electron chi connectivity index (χ0n) is 11.9. The van der Waals surface area contributed by atoms with Gasteiger partial charge in [0.15, 0.2) is 0 Å². The zero-order valence-corrected chi connectivity index (χ0v) is 12.7. The van der Waals surface area contributed by atoms with Crippen LogP contribution in [0.2, 0.25) is 0 Å².